The van der Waals surface area contributed by atoms with E-state index in [1.807, 2.05) is 0 Å². The van der Waals surface area contributed by atoms with Crippen LogP contribution >= 0.6 is 0 Å². The summed E-state index contributed by atoms with van der Waals surface area (Å²) in [5, 5.41) is 19.9. The van der Waals surface area contributed by atoms with Crippen molar-refractivity contribution in [3.63, 3.8) is 0 Å². The Morgan fingerprint density at radius 1 is 1.05 bits per heavy atom. The molecule has 2 atom stereocenters. The molecule has 19 heavy (non-hydrogen) atoms. The van der Waals surface area contributed by atoms with Crippen molar-refractivity contribution >= 4 is 17.8 Å². The van der Waals surface area contributed by atoms with Gasteiger partial charge in [0, 0.05) is 12.8 Å². The fraction of sp³-hybridized carbons (Fsp3) is 0.727. The van der Waals surface area contributed by atoms with E-state index in [4.69, 9.17) is 19.7 Å². The molecular formula is C11H19NO7. The van der Waals surface area contributed by atoms with E-state index >= 15 is 0 Å². The standard InChI is InChI=1S/C11H19NO7/c1-3-9(16)18-7(5-13)11(12-8(15)6-14)19-10(17)4-2/h7,11,13-14H,3-6H2,1-2H3,(H,12,15). The Hall–Kier alpha value is -1.67. The Labute approximate surface area is 110 Å². The lowest BCUT2D eigenvalue weighted by Crippen LogP contribution is -2.50. The zero-order chi connectivity index (χ0) is 14.8. The van der Waals surface area contributed by atoms with E-state index in [2.05, 4.69) is 5.32 Å². The fourth-order valence-corrected chi connectivity index (χ4v) is 1.07. The van der Waals surface area contributed by atoms with E-state index in [1.165, 1.54) is 0 Å². The van der Waals surface area contributed by atoms with Gasteiger partial charge in [-0.05, 0) is 0 Å². The Kier molecular flexibility index (Phi) is 8.47. The molecule has 0 aromatic carbocycles. The number of nitrogens with one attached hydrogen (secondary N) is 1. The van der Waals surface area contributed by atoms with Gasteiger partial charge in [-0.2, -0.15) is 0 Å². The smallest absolute Gasteiger partial charge is 0.307 e. The highest BCUT2D eigenvalue weighted by Gasteiger charge is 2.29. The molecule has 0 aromatic rings. The maximum Gasteiger partial charge on any atom is 0.307 e. The van der Waals surface area contributed by atoms with Crippen molar-refractivity contribution in [3.05, 3.63) is 0 Å². The number of hydrogen-bond acceptors (Lipinski definition) is 7. The van der Waals surface area contributed by atoms with Gasteiger partial charge in [0.2, 0.25) is 12.1 Å². The van der Waals surface area contributed by atoms with Crippen LogP contribution in [0.5, 0.6) is 0 Å². The highest BCUT2D eigenvalue weighted by atomic mass is 16.6. The molecule has 1 amide bonds. The van der Waals surface area contributed by atoms with Crippen LogP contribution in [0.2, 0.25) is 0 Å². The lowest BCUT2D eigenvalue weighted by Gasteiger charge is -2.25. The van der Waals surface area contributed by atoms with Crippen molar-refractivity contribution in [2.75, 3.05) is 13.2 Å². The average molecular weight is 277 g/mol. The number of carbonyl (C=O) groups is 3. The molecule has 0 saturated carbocycles. The Morgan fingerprint density at radius 2 is 1.58 bits per heavy atom. The van der Waals surface area contributed by atoms with Crippen LogP contribution in [0.4, 0.5) is 0 Å². The van der Waals surface area contributed by atoms with Crippen LogP contribution in [-0.2, 0) is 23.9 Å². The first-order valence-electron chi connectivity index (χ1n) is 5.88. The molecular weight excluding hydrogens is 258 g/mol. The third-order valence-corrected chi connectivity index (χ3v) is 2.08. The number of rotatable bonds is 8. The molecule has 8 nitrogen and oxygen atoms in total. The van der Waals surface area contributed by atoms with E-state index in [0.29, 0.717) is 0 Å². The van der Waals surface area contributed by atoms with E-state index in [9.17, 15) is 14.4 Å². The summed E-state index contributed by atoms with van der Waals surface area (Å²) in [5.41, 5.74) is 0. The van der Waals surface area contributed by atoms with Gasteiger partial charge in [-0.3, -0.25) is 14.4 Å². The van der Waals surface area contributed by atoms with Gasteiger partial charge >= 0.3 is 11.9 Å². The van der Waals surface area contributed by atoms with Gasteiger partial charge in [0.25, 0.3) is 0 Å². The third kappa shape index (κ3) is 6.73. The predicted octanol–water partition coefficient (Wildman–Crippen LogP) is -1.31. The van der Waals surface area contributed by atoms with Crippen molar-refractivity contribution in [1.29, 1.82) is 0 Å². The van der Waals surface area contributed by atoms with E-state index in [-0.39, 0.29) is 12.8 Å². The van der Waals surface area contributed by atoms with Crippen molar-refractivity contribution in [3.8, 4) is 0 Å². The number of aliphatic hydroxyl groups is 2. The molecule has 8 heteroatoms. The number of amides is 1. The summed E-state index contributed by atoms with van der Waals surface area (Å²) >= 11 is 0. The number of hydrogen-bond donors (Lipinski definition) is 3. The highest BCUT2D eigenvalue weighted by molar-refractivity contribution is 5.78. The fourth-order valence-electron chi connectivity index (χ4n) is 1.07. The average Bonchev–Trinajstić information content (AvgIpc) is 2.43. The number of esters is 2. The first-order chi connectivity index (χ1) is 8.98. The largest absolute Gasteiger partial charge is 0.454 e. The molecule has 0 aliphatic rings. The molecule has 0 aromatic heterocycles. The van der Waals surface area contributed by atoms with Crippen LogP contribution in [0.15, 0.2) is 0 Å². The summed E-state index contributed by atoms with van der Waals surface area (Å²) in [6, 6.07) is 0. The number of ether oxygens (including phenoxy) is 2. The Bertz CT molecular complexity index is 300. The minimum atomic E-state index is -1.34. The van der Waals surface area contributed by atoms with Crippen LogP contribution in [0, 0.1) is 0 Å². The topological polar surface area (TPSA) is 122 Å². The molecule has 3 N–H and O–H groups in total. The van der Waals surface area contributed by atoms with Crippen LogP contribution in [-0.4, -0.2) is 53.6 Å². The maximum absolute atomic E-state index is 11.2. The van der Waals surface area contributed by atoms with Gasteiger partial charge in [-0.15, -0.1) is 0 Å². The maximum atomic E-state index is 11.2. The number of aliphatic hydroxyl groups excluding tert-OH is 2. The molecule has 0 aliphatic heterocycles. The highest BCUT2D eigenvalue weighted by Crippen LogP contribution is 2.05. The summed E-state index contributed by atoms with van der Waals surface area (Å²) in [5.74, 6) is -2.08. The molecule has 0 fully saturated rings. The van der Waals surface area contributed by atoms with Crippen LogP contribution in [0.25, 0.3) is 0 Å². The first kappa shape index (κ1) is 17.3. The molecule has 2 unspecified atom stereocenters. The van der Waals surface area contributed by atoms with Gasteiger partial charge < -0.3 is 25.0 Å². The molecule has 0 radical (unpaired) electrons. The SMILES string of the molecule is CCC(=O)OC(CO)C(NC(=O)CO)OC(=O)CC. The second-order valence-electron chi connectivity index (χ2n) is 3.55. The van der Waals surface area contributed by atoms with Crippen LogP contribution < -0.4 is 5.32 Å². The van der Waals surface area contributed by atoms with E-state index < -0.39 is 43.4 Å². The predicted molar refractivity (Wildman–Crippen MR) is 62.7 cm³/mol. The summed E-state index contributed by atoms with van der Waals surface area (Å²) in [7, 11) is 0. The molecule has 0 spiro atoms. The first-order valence-corrected chi connectivity index (χ1v) is 5.88. The van der Waals surface area contributed by atoms with E-state index in [0.717, 1.165) is 0 Å². The lowest BCUT2D eigenvalue weighted by molar-refractivity contribution is -0.175. The second kappa shape index (κ2) is 9.29. The normalized spacial score (nSPS) is 13.3. The monoisotopic (exact) mass is 277 g/mol. The van der Waals surface area contributed by atoms with Gasteiger partial charge in [0.1, 0.15) is 6.61 Å². The quantitative estimate of drug-likeness (QED) is 0.372. The number of carbonyl (C=O) groups excluding carboxylic acids is 3. The zero-order valence-corrected chi connectivity index (χ0v) is 10.9. The van der Waals surface area contributed by atoms with Crippen LogP contribution in [0.1, 0.15) is 26.7 Å². The van der Waals surface area contributed by atoms with Gasteiger partial charge in [0.15, 0.2) is 6.10 Å². The van der Waals surface area contributed by atoms with Crippen molar-refractivity contribution in [1.82, 2.24) is 5.32 Å². The molecule has 0 rings (SSSR count). The minimum Gasteiger partial charge on any atom is -0.454 e. The van der Waals surface area contributed by atoms with Crippen molar-refractivity contribution in [2.24, 2.45) is 0 Å². The van der Waals surface area contributed by atoms with Crippen LogP contribution in [0.3, 0.4) is 0 Å². The lowest BCUT2D eigenvalue weighted by atomic mass is 10.3. The Morgan fingerprint density at radius 3 is 2.00 bits per heavy atom. The van der Waals surface area contributed by atoms with Gasteiger partial charge in [0.05, 0.1) is 6.61 Å². The molecule has 0 bridgehead atoms. The molecule has 0 saturated heterocycles. The second-order valence-corrected chi connectivity index (χ2v) is 3.55. The third-order valence-electron chi connectivity index (χ3n) is 2.08. The molecule has 110 valence electrons. The summed E-state index contributed by atoms with van der Waals surface area (Å²) in [6.45, 7) is 1.63. The van der Waals surface area contributed by atoms with Gasteiger partial charge in [-0.25, -0.2) is 0 Å². The van der Waals surface area contributed by atoms with Crippen molar-refractivity contribution in [2.45, 2.75) is 39.0 Å². The summed E-state index contributed by atoms with van der Waals surface area (Å²) < 4.78 is 9.69. The van der Waals surface area contributed by atoms with Gasteiger partial charge in [-0.1, -0.05) is 13.8 Å². The van der Waals surface area contributed by atoms with E-state index in [1.54, 1.807) is 13.8 Å². The summed E-state index contributed by atoms with van der Waals surface area (Å²) in [4.78, 5) is 33.5. The summed E-state index contributed by atoms with van der Waals surface area (Å²) in [6.07, 6.45) is -2.45. The Balaban J connectivity index is 4.78. The minimum absolute atomic E-state index is 0.0470. The van der Waals surface area contributed by atoms with Crippen molar-refractivity contribution < 1.29 is 34.1 Å². The molecule has 0 heterocycles. The molecule has 0 aliphatic carbocycles. The zero-order valence-electron chi connectivity index (χ0n) is 10.9.